The van der Waals surface area contributed by atoms with E-state index in [0.717, 1.165) is 0 Å². The first-order valence-corrected chi connectivity index (χ1v) is 7.40. The van der Waals surface area contributed by atoms with Crippen molar-refractivity contribution in [3.05, 3.63) is 65.2 Å². The Bertz CT molecular complexity index is 771. The van der Waals surface area contributed by atoms with Gasteiger partial charge in [-0.3, -0.25) is 9.59 Å². The van der Waals surface area contributed by atoms with Crippen LogP contribution in [0.4, 0.5) is 4.79 Å². The Morgan fingerprint density at radius 3 is 2.12 bits per heavy atom. The predicted octanol–water partition coefficient (Wildman–Crippen LogP) is 4.04. The fourth-order valence-corrected chi connectivity index (χ4v) is 2.06. The molecule has 2 aromatic rings. The number of carbonyl (C=O) groups is 3. The van der Waals surface area contributed by atoms with Crippen molar-refractivity contribution >= 4 is 18.2 Å². The lowest BCUT2D eigenvalue weighted by Gasteiger charge is -2.19. The first kappa shape index (κ1) is 17.4. The van der Waals surface area contributed by atoms with Crippen molar-refractivity contribution in [1.29, 1.82) is 0 Å². The Labute approximate surface area is 140 Å². The Morgan fingerprint density at radius 2 is 1.50 bits per heavy atom. The van der Waals surface area contributed by atoms with Crippen molar-refractivity contribution in [3.8, 4) is 5.75 Å². The van der Waals surface area contributed by atoms with Crippen molar-refractivity contribution in [2.24, 2.45) is 0 Å². The maximum Gasteiger partial charge on any atom is 0.514 e. The highest BCUT2D eigenvalue weighted by atomic mass is 16.7. The van der Waals surface area contributed by atoms with Crippen LogP contribution in [0.25, 0.3) is 0 Å². The molecule has 124 valence electrons. The fraction of sp³-hybridized carbons (Fsp3) is 0.211. The fourth-order valence-electron chi connectivity index (χ4n) is 2.06. The zero-order valence-electron chi connectivity index (χ0n) is 13.7. The number of carbonyl (C=O) groups excluding carboxylic acids is 3. The van der Waals surface area contributed by atoms with E-state index in [1.807, 2.05) is 0 Å². The molecule has 2 aromatic carbocycles. The Hall–Kier alpha value is -2.95. The number of rotatable bonds is 4. The minimum atomic E-state index is -0.897. The molecule has 2 rings (SSSR count). The molecule has 0 aliphatic carbocycles. The van der Waals surface area contributed by atoms with Gasteiger partial charge in [-0.1, -0.05) is 36.4 Å². The molecule has 0 aromatic heterocycles. The van der Waals surface area contributed by atoms with E-state index in [-0.39, 0.29) is 22.4 Å². The van der Waals surface area contributed by atoms with Crippen LogP contribution >= 0.6 is 0 Å². The van der Waals surface area contributed by atoms with Gasteiger partial charge in [0.2, 0.25) is 0 Å². The van der Waals surface area contributed by atoms with Crippen LogP contribution in [0.2, 0.25) is 0 Å². The third-order valence-electron chi connectivity index (χ3n) is 3.05. The minimum Gasteiger partial charge on any atom is -0.428 e. The molecule has 0 aliphatic heterocycles. The topological polar surface area (TPSA) is 69.7 Å². The SMILES string of the molecule is CC(C)(C)OC(=O)Oc1ccccc1C(=O)c1ccccc1C=O. The highest BCUT2D eigenvalue weighted by Gasteiger charge is 2.22. The molecule has 0 fully saturated rings. The first-order valence-electron chi connectivity index (χ1n) is 7.40. The molecule has 0 unspecified atom stereocenters. The van der Waals surface area contributed by atoms with Crippen molar-refractivity contribution in [2.45, 2.75) is 26.4 Å². The number of ketones is 1. The number of aldehydes is 1. The van der Waals surface area contributed by atoms with E-state index in [0.29, 0.717) is 6.29 Å². The van der Waals surface area contributed by atoms with Crippen LogP contribution in [0.5, 0.6) is 5.75 Å². The smallest absolute Gasteiger partial charge is 0.428 e. The molecule has 5 heteroatoms. The van der Waals surface area contributed by atoms with E-state index in [1.54, 1.807) is 57.2 Å². The summed E-state index contributed by atoms with van der Waals surface area (Å²) in [4.78, 5) is 35.7. The zero-order valence-corrected chi connectivity index (χ0v) is 13.7. The van der Waals surface area contributed by atoms with Crippen LogP contribution in [-0.4, -0.2) is 23.8 Å². The largest absolute Gasteiger partial charge is 0.514 e. The quantitative estimate of drug-likeness (QED) is 0.367. The van der Waals surface area contributed by atoms with Crippen molar-refractivity contribution in [3.63, 3.8) is 0 Å². The van der Waals surface area contributed by atoms with Gasteiger partial charge in [0, 0.05) is 11.1 Å². The molecule has 0 spiro atoms. The number of hydrogen-bond donors (Lipinski definition) is 0. The van der Waals surface area contributed by atoms with Crippen LogP contribution < -0.4 is 4.74 Å². The van der Waals surface area contributed by atoms with Gasteiger partial charge in [-0.05, 0) is 32.9 Å². The van der Waals surface area contributed by atoms with Crippen molar-refractivity contribution in [2.75, 3.05) is 0 Å². The summed E-state index contributed by atoms with van der Waals surface area (Å²) in [5, 5.41) is 0. The molecule has 5 nitrogen and oxygen atoms in total. The predicted molar refractivity (Wildman–Crippen MR) is 88.6 cm³/mol. The Kier molecular flexibility index (Phi) is 5.14. The first-order chi connectivity index (χ1) is 11.3. The summed E-state index contributed by atoms with van der Waals surface area (Å²) >= 11 is 0. The molecule has 0 heterocycles. The van der Waals surface area contributed by atoms with Crippen LogP contribution in [-0.2, 0) is 4.74 Å². The molecule has 0 amide bonds. The maximum atomic E-state index is 12.7. The van der Waals surface area contributed by atoms with Gasteiger partial charge in [-0.25, -0.2) is 4.79 Å². The summed E-state index contributed by atoms with van der Waals surface area (Å²) in [6.07, 6.45) is -0.281. The Balaban J connectivity index is 2.33. The highest BCUT2D eigenvalue weighted by Crippen LogP contribution is 2.24. The van der Waals surface area contributed by atoms with E-state index >= 15 is 0 Å². The lowest BCUT2D eigenvalue weighted by Crippen LogP contribution is -2.26. The molecule has 0 radical (unpaired) electrons. The average Bonchev–Trinajstić information content (AvgIpc) is 2.53. The van der Waals surface area contributed by atoms with E-state index < -0.39 is 17.5 Å². The van der Waals surface area contributed by atoms with E-state index in [1.165, 1.54) is 12.1 Å². The third-order valence-corrected chi connectivity index (χ3v) is 3.05. The van der Waals surface area contributed by atoms with Gasteiger partial charge in [0.05, 0.1) is 5.56 Å². The highest BCUT2D eigenvalue weighted by molar-refractivity contribution is 6.14. The number of benzene rings is 2. The van der Waals surface area contributed by atoms with E-state index in [2.05, 4.69) is 0 Å². The van der Waals surface area contributed by atoms with Gasteiger partial charge in [0.15, 0.2) is 12.1 Å². The summed E-state index contributed by atoms with van der Waals surface area (Å²) < 4.78 is 10.3. The molecule has 0 saturated carbocycles. The second-order valence-corrected chi connectivity index (χ2v) is 6.10. The monoisotopic (exact) mass is 326 g/mol. The number of hydrogen-bond acceptors (Lipinski definition) is 5. The maximum absolute atomic E-state index is 12.7. The van der Waals surface area contributed by atoms with Gasteiger partial charge in [-0.2, -0.15) is 0 Å². The average molecular weight is 326 g/mol. The van der Waals surface area contributed by atoms with Gasteiger partial charge < -0.3 is 9.47 Å². The summed E-state index contributed by atoms with van der Waals surface area (Å²) in [6.45, 7) is 5.14. The molecular formula is C19H18O5. The molecular weight excluding hydrogens is 308 g/mol. The zero-order chi connectivity index (χ0) is 17.7. The second kappa shape index (κ2) is 7.08. The van der Waals surface area contributed by atoms with Crippen LogP contribution in [0.3, 0.4) is 0 Å². The van der Waals surface area contributed by atoms with Crippen LogP contribution in [0.1, 0.15) is 47.1 Å². The van der Waals surface area contributed by atoms with E-state index in [4.69, 9.17) is 9.47 Å². The summed E-state index contributed by atoms with van der Waals surface area (Å²) in [5.41, 5.74) is -0.0138. The van der Waals surface area contributed by atoms with Gasteiger partial charge in [0.25, 0.3) is 0 Å². The molecule has 24 heavy (non-hydrogen) atoms. The van der Waals surface area contributed by atoms with E-state index in [9.17, 15) is 14.4 Å². The summed E-state index contributed by atoms with van der Waals surface area (Å²) in [6, 6.07) is 12.8. The molecule has 0 saturated heterocycles. The molecule has 0 atom stereocenters. The summed E-state index contributed by atoms with van der Waals surface area (Å²) in [7, 11) is 0. The Morgan fingerprint density at radius 1 is 0.917 bits per heavy atom. The van der Waals surface area contributed by atoms with Gasteiger partial charge in [-0.15, -0.1) is 0 Å². The molecule has 0 aliphatic rings. The standard InChI is InChI=1S/C19H18O5/c1-19(2,3)24-18(22)23-16-11-7-6-10-15(16)17(21)14-9-5-4-8-13(14)12-20/h4-12H,1-3H3. The lowest BCUT2D eigenvalue weighted by atomic mass is 9.98. The van der Waals surface area contributed by atoms with Crippen molar-refractivity contribution < 1.29 is 23.9 Å². The third kappa shape index (κ3) is 4.29. The molecule has 0 N–H and O–H groups in total. The minimum absolute atomic E-state index is 0.0810. The van der Waals surface area contributed by atoms with Crippen molar-refractivity contribution in [1.82, 2.24) is 0 Å². The second-order valence-electron chi connectivity index (χ2n) is 6.10. The number of ether oxygens (including phenoxy) is 2. The van der Waals surface area contributed by atoms with Crippen LogP contribution in [0.15, 0.2) is 48.5 Å². The van der Waals surface area contributed by atoms with Gasteiger partial charge in [0.1, 0.15) is 11.4 Å². The lowest BCUT2D eigenvalue weighted by molar-refractivity contribution is 0.0205. The number of para-hydroxylation sites is 1. The van der Waals surface area contributed by atoms with Crippen LogP contribution in [0, 0.1) is 0 Å². The molecule has 0 bridgehead atoms. The summed E-state index contributed by atoms with van der Waals surface area (Å²) in [5.74, 6) is -0.325. The van der Waals surface area contributed by atoms with Gasteiger partial charge >= 0.3 is 6.16 Å². The normalized spacial score (nSPS) is 10.8.